The Bertz CT molecular complexity index is 585. The SMILES string of the molecule is CCNC(=NCc1cccc(C)c1)NCCCNS(C)(=O)=O. The molecule has 0 radical (unpaired) electrons. The highest BCUT2D eigenvalue weighted by Gasteiger charge is 2.00. The van der Waals surface area contributed by atoms with Crippen LogP contribution < -0.4 is 15.4 Å². The highest BCUT2D eigenvalue weighted by Crippen LogP contribution is 2.04. The first-order valence-corrected chi connectivity index (χ1v) is 9.32. The summed E-state index contributed by atoms with van der Waals surface area (Å²) in [5.41, 5.74) is 2.38. The largest absolute Gasteiger partial charge is 0.357 e. The molecule has 0 unspecified atom stereocenters. The second-order valence-electron chi connectivity index (χ2n) is 5.13. The average molecular weight is 326 g/mol. The Kier molecular flexibility index (Phi) is 7.90. The summed E-state index contributed by atoms with van der Waals surface area (Å²) in [6.45, 7) is 6.53. The zero-order valence-corrected chi connectivity index (χ0v) is 14.3. The molecule has 0 aromatic heterocycles. The zero-order valence-electron chi connectivity index (χ0n) is 13.5. The van der Waals surface area contributed by atoms with Crippen LogP contribution in [0.2, 0.25) is 0 Å². The second kappa shape index (κ2) is 9.42. The molecule has 6 nitrogen and oxygen atoms in total. The Hall–Kier alpha value is -1.60. The number of nitrogens with zero attached hydrogens (tertiary/aromatic N) is 1. The number of sulfonamides is 1. The van der Waals surface area contributed by atoms with Crippen molar-refractivity contribution >= 4 is 16.0 Å². The molecule has 22 heavy (non-hydrogen) atoms. The molecule has 0 aliphatic heterocycles. The van der Waals surface area contributed by atoms with Crippen molar-refractivity contribution in [1.82, 2.24) is 15.4 Å². The Labute approximate surface area is 133 Å². The van der Waals surface area contributed by atoms with Crippen molar-refractivity contribution in [1.29, 1.82) is 0 Å². The summed E-state index contributed by atoms with van der Waals surface area (Å²) in [7, 11) is -3.11. The molecular formula is C15H26N4O2S. The Balaban J connectivity index is 2.42. The normalized spacial score (nSPS) is 12.2. The molecule has 124 valence electrons. The van der Waals surface area contributed by atoms with Gasteiger partial charge >= 0.3 is 0 Å². The third-order valence-electron chi connectivity index (χ3n) is 2.86. The number of aliphatic imine (C=N–C) groups is 1. The number of hydrogen-bond donors (Lipinski definition) is 3. The van der Waals surface area contributed by atoms with Gasteiger partial charge in [0.05, 0.1) is 12.8 Å². The van der Waals surface area contributed by atoms with Gasteiger partial charge in [-0.05, 0) is 25.8 Å². The van der Waals surface area contributed by atoms with E-state index in [4.69, 9.17) is 0 Å². The molecule has 0 amide bonds. The van der Waals surface area contributed by atoms with E-state index in [-0.39, 0.29) is 0 Å². The van der Waals surface area contributed by atoms with E-state index in [1.165, 1.54) is 5.56 Å². The van der Waals surface area contributed by atoms with E-state index in [1.807, 2.05) is 13.0 Å². The van der Waals surface area contributed by atoms with Crippen molar-refractivity contribution < 1.29 is 8.42 Å². The molecule has 1 aromatic rings. The molecule has 0 spiro atoms. The summed E-state index contributed by atoms with van der Waals surface area (Å²) in [5.74, 6) is 0.739. The summed E-state index contributed by atoms with van der Waals surface area (Å²) in [5, 5.41) is 6.37. The molecule has 1 rings (SSSR count). The number of guanidine groups is 1. The maximum absolute atomic E-state index is 11.0. The van der Waals surface area contributed by atoms with E-state index >= 15 is 0 Å². The minimum atomic E-state index is -3.11. The second-order valence-corrected chi connectivity index (χ2v) is 6.96. The smallest absolute Gasteiger partial charge is 0.208 e. The van der Waals surface area contributed by atoms with Gasteiger partial charge in [0.25, 0.3) is 0 Å². The van der Waals surface area contributed by atoms with Crippen LogP contribution in [0.1, 0.15) is 24.5 Å². The van der Waals surface area contributed by atoms with Gasteiger partial charge in [-0.25, -0.2) is 18.1 Å². The Morgan fingerprint density at radius 2 is 2.00 bits per heavy atom. The fourth-order valence-corrected chi connectivity index (χ4v) is 2.39. The molecule has 0 aliphatic rings. The quantitative estimate of drug-likeness (QED) is 0.378. The third-order valence-corrected chi connectivity index (χ3v) is 3.59. The number of rotatable bonds is 8. The number of hydrogen-bond acceptors (Lipinski definition) is 3. The lowest BCUT2D eigenvalue weighted by molar-refractivity contribution is 0.584. The molecule has 0 saturated heterocycles. The van der Waals surface area contributed by atoms with Gasteiger partial charge in [-0.15, -0.1) is 0 Å². The predicted octanol–water partition coefficient (Wildman–Crippen LogP) is 0.989. The van der Waals surface area contributed by atoms with Gasteiger partial charge in [0, 0.05) is 19.6 Å². The van der Waals surface area contributed by atoms with Gasteiger partial charge < -0.3 is 10.6 Å². The molecule has 0 heterocycles. The molecule has 1 aromatic carbocycles. The van der Waals surface area contributed by atoms with Crippen molar-refractivity contribution in [3.63, 3.8) is 0 Å². The first-order valence-electron chi connectivity index (χ1n) is 7.43. The lowest BCUT2D eigenvalue weighted by Gasteiger charge is -2.11. The van der Waals surface area contributed by atoms with E-state index in [0.29, 0.717) is 26.1 Å². The van der Waals surface area contributed by atoms with Crippen molar-refractivity contribution in [2.75, 3.05) is 25.9 Å². The Morgan fingerprint density at radius 3 is 2.64 bits per heavy atom. The number of aryl methyl sites for hydroxylation is 1. The molecule has 0 saturated carbocycles. The summed E-state index contributed by atoms with van der Waals surface area (Å²) < 4.78 is 24.4. The van der Waals surface area contributed by atoms with Crippen LogP contribution in [-0.2, 0) is 16.6 Å². The van der Waals surface area contributed by atoms with Gasteiger partial charge in [-0.3, -0.25) is 0 Å². The van der Waals surface area contributed by atoms with Crippen molar-refractivity contribution in [2.45, 2.75) is 26.8 Å². The maximum Gasteiger partial charge on any atom is 0.208 e. The predicted molar refractivity (Wildman–Crippen MR) is 91.5 cm³/mol. The van der Waals surface area contributed by atoms with Crippen molar-refractivity contribution in [3.05, 3.63) is 35.4 Å². The van der Waals surface area contributed by atoms with Crippen molar-refractivity contribution in [3.8, 4) is 0 Å². The molecule has 0 atom stereocenters. The van der Waals surface area contributed by atoms with Crippen LogP contribution >= 0.6 is 0 Å². The zero-order chi connectivity index (χ0) is 16.4. The van der Waals surface area contributed by atoms with E-state index in [2.05, 4.69) is 45.5 Å². The Morgan fingerprint density at radius 1 is 1.23 bits per heavy atom. The monoisotopic (exact) mass is 326 g/mol. The van der Waals surface area contributed by atoms with Gasteiger partial charge in [0.15, 0.2) is 5.96 Å². The van der Waals surface area contributed by atoms with Crippen LogP contribution in [0.4, 0.5) is 0 Å². The minimum absolute atomic E-state index is 0.420. The fourth-order valence-electron chi connectivity index (χ4n) is 1.88. The first-order chi connectivity index (χ1) is 10.4. The van der Waals surface area contributed by atoms with Crippen LogP contribution in [0.3, 0.4) is 0 Å². The van der Waals surface area contributed by atoms with Crippen LogP contribution in [-0.4, -0.2) is 40.3 Å². The van der Waals surface area contributed by atoms with E-state index in [9.17, 15) is 8.42 Å². The summed E-state index contributed by atoms with van der Waals surface area (Å²) in [6, 6.07) is 8.25. The van der Waals surface area contributed by atoms with Crippen LogP contribution in [0.15, 0.2) is 29.3 Å². The minimum Gasteiger partial charge on any atom is -0.357 e. The highest BCUT2D eigenvalue weighted by molar-refractivity contribution is 7.88. The first kappa shape index (κ1) is 18.4. The third kappa shape index (κ3) is 8.63. The van der Waals surface area contributed by atoms with E-state index < -0.39 is 10.0 Å². The van der Waals surface area contributed by atoms with Crippen LogP contribution in [0, 0.1) is 6.92 Å². The maximum atomic E-state index is 11.0. The van der Waals surface area contributed by atoms with Crippen LogP contribution in [0.5, 0.6) is 0 Å². The fraction of sp³-hybridized carbons (Fsp3) is 0.533. The number of benzene rings is 1. The number of nitrogens with one attached hydrogen (secondary N) is 3. The van der Waals surface area contributed by atoms with E-state index in [1.54, 1.807) is 0 Å². The molecule has 0 fully saturated rings. The molecule has 0 bridgehead atoms. The summed E-state index contributed by atoms with van der Waals surface area (Å²) in [4.78, 5) is 4.53. The average Bonchev–Trinajstić information content (AvgIpc) is 2.43. The molecule has 3 N–H and O–H groups in total. The summed E-state index contributed by atoms with van der Waals surface area (Å²) in [6.07, 6.45) is 1.86. The highest BCUT2D eigenvalue weighted by atomic mass is 32.2. The molecule has 0 aliphatic carbocycles. The molecule has 7 heteroatoms. The van der Waals surface area contributed by atoms with Crippen LogP contribution in [0.25, 0.3) is 0 Å². The van der Waals surface area contributed by atoms with Gasteiger partial charge in [-0.1, -0.05) is 29.8 Å². The van der Waals surface area contributed by atoms with Crippen molar-refractivity contribution in [2.24, 2.45) is 4.99 Å². The lowest BCUT2D eigenvalue weighted by atomic mass is 10.1. The molecular weight excluding hydrogens is 300 g/mol. The standard InChI is InChI=1S/C15H26N4O2S/c1-4-16-15(17-9-6-10-19-22(3,20)21)18-12-14-8-5-7-13(2)11-14/h5,7-8,11,19H,4,6,9-10,12H2,1-3H3,(H2,16,17,18). The van der Waals surface area contributed by atoms with Gasteiger partial charge in [-0.2, -0.15) is 0 Å². The lowest BCUT2D eigenvalue weighted by Crippen LogP contribution is -2.38. The van der Waals surface area contributed by atoms with Gasteiger partial charge in [0.1, 0.15) is 0 Å². The summed E-state index contributed by atoms with van der Waals surface area (Å²) >= 11 is 0. The van der Waals surface area contributed by atoms with Gasteiger partial charge in [0.2, 0.25) is 10.0 Å². The topological polar surface area (TPSA) is 82.6 Å². The van der Waals surface area contributed by atoms with E-state index in [0.717, 1.165) is 24.3 Å².